The average Bonchev–Trinajstić information content (AvgIpc) is 2.80. The quantitative estimate of drug-likeness (QED) is 0.416. The summed E-state index contributed by atoms with van der Waals surface area (Å²) < 4.78 is 67.7. The molecule has 1 unspecified atom stereocenters. The molecule has 34 heavy (non-hydrogen) atoms. The van der Waals surface area contributed by atoms with Gasteiger partial charge in [0.2, 0.25) is 10.0 Å². The molecule has 3 aromatic rings. The van der Waals surface area contributed by atoms with E-state index in [1.165, 1.54) is 16.4 Å². The number of benzene rings is 3. The van der Waals surface area contributed by atoms with Gasteiger partial charge in [-0.2, -0.15) is 17.5 Å². The van der Waals surface area contributed by atoms with Crippen molar-refractivity contribution in [3.8, 4) is 0 Å². The lowest BCUT2D eigenvalue weighted by Gasteiger charge is -2.31. The molecule has 0 bridgehead atoms. The second-order valence-corrected chi connectivity index (χ2v) is 9.74. The molecule has 0 saturated carbocycles. The van der Waals surface area contributed by atoms with Crippen molar-refractivity contribution in [2.45, 2.75) is 43.9 Å². The van der Waals surface area contributed by atoms with Gasteiger partial charge >= 0.3 is 12.1 Å². The minimum absolute atomic E-state index is 0.0773. The molecule has 3 aromatic carbocycles. The summed E-state index contributed by atoms with van der Waals surface area (Å²) in [6, 6.07) is 16.2. The molecule has 9 heteroatoms. The Kier molecular flexibility index (Phi) is 7.48. The monoisotopic (exact) mass is 491 g/mol. The molecule has 0 amide bonds. The van der Waals surface area contributed by atoms with Crippen molar-refractivity contribution in [3.05, 3.63) is 101 Å². The van der Waals surface area contributed by atoms with Crippen LogP contribution >= 0.6 is 0 Å². The van der Waals surface area contributed by atoms with Crippen molar-refractivity contribution in [2.24, 2.45) is 0 Å². The van der Waals surface area contributed by atoms with E-state index in [9.17, 15) is 31.5 Å². The van der Waals surface area contributed by atoms with Gasteiger partial charge < -0.3 is 5.11 Å². The zero-order valence-electron chi connectivity index (χ0n) is 18.6. The van der Waals surface area contributed by atoms with E-state index in [4.69, 9.17) is 0 Å². The topological polar surface area (TPSA) is 74.7 Å². The van der Waals surface area contributed by atoms with Crippen molar-refractivity contribution < 1.29 is 31.5 Å². The molecule has 0 spiro atoms. The third-order valence-corrected chi connectivity index (χ3v) is 7.49. The molecular formula is C25H24F3NO4S. The number of hydrogen-bond acceptors (Lipinski definition) is 3. The second-order valence-electron chi connectivity index (χ2n) is 7.85. The number of aromatic carboxylic acids is 1. The van der Waals surface area contributed by atoms with Crippen LogP contribution in [0.15, 0.2) is 77.7 Å². The number of carboxylic acids is 1. The Hall–Kier alpha value is -3.17. The van der Waals surface area contributed by atoms with Gasteiger partial charge in [0.15, 0.2) is 0 Å². The van der Waals surface area contributed by atoms with Crippen LogP contribution in [0.5, 0.6) is 0 Å². The van der Waals surface area contributed by atoms with Crippen molar-refractivity contribution in [3.63, 3.8) is 0 Å². The van der Waals surface area contributed by atoms with Gasteiger partial charge in [-0.25, -0.2) is 13.2 Å². The number of alkyl halides is 3. The number of halogens is 3. The summed E-state index contributed by atoms with van der Waals surface area (Å²) in [6.07, 6.45) is -4.17. The van der Waals surface area contributed by atoms with Crippen LogP contribution in [-0.2, 0) is 22.7 Å². The first kappa shape index (κ1) is 25.5. The normalized spacial score (nSPS) is 13.1. The highest BCUT2D eigenvalue weighted by Gasteiger charge is 2.34. The van der Waals surface area contributed by atoms with Gasteiger partial charge in [-0.1, -0.05) is 43.3 Å². The molecule has 5 nitrogen and oxygen atoms in total. The molecule has 1 atom stereocenters. The van der Waals surface area contributed by atoms with Gasteiger partial charge in [0.25, 0.3) is 0 Å². The SMILES string of the molecule is CCC(c1ccccc1)N(Cc1ccc(C(=O)O)cc1C)S(=O)(=O)c1ccc(C(F)(F)F)cc1. The molecule has 0 heterocycles. The Balaban J connectivity index is 2.10. The fraction of sp³-hybridized carbons (Fsp3) is 0.240. The molecule has 0 saturated heterocycles. The number of carboxylic acid groups (broad SMARTS) is 1. The Bertz CT molecular complexity index is 1260. The maximum absolute atomic E-state index is 13.7. The molecule has 0 fully saturated rings. The highest BCUT2D eigenvalue weighted by molar-refractivity contribution is 7.89. The number of hydrogen-bond donors (Lipinski definition) is 1. The van der Waals surface area contributed by atoms with Crippen molar-refractivity contribution in [1.82, 2.24) is 4.31 Å². The highest BCUT2D eigenvalue weighted by Crippen LogP contribution is 2.34. The predicted molar refractivity (Wildman–Crippen MR) is 122 cm³/mol. The zero-order chi connectivity index (χ0) is 25.1. The lowest BCUT2D eigenvalue weighted by Crippen LogP contribution is -2.34. The van der Waals surface area contributed by atoms with Crippen LogP contribution in [0.25, 0.3) is 0 Å². The lowest BCUT2D eigenvalue weighted by atomic mass is 10.0. The van der Waals surface area contributed by atoms with Crippen LogP contribution in [0.2, 0.25) is 0 Å². The minimum atomic E-state index is -4.58. The average molecular weight is 492 g/mol. The van der Waals surface area contributed by atoms with Gasteiger partial charge in [-0.05, 0) is 66.4 Å². The number of aryl methyl sites for hydroxylation is 1. The highest BCUT2D eigenvalue weighted by atomic mass is 32.2. The Morgan fingerprint density at radius 3 is 2.12 bits per heavy atom. The number of carbonyl (C=O) groups is 1. The Labute approximate surface area is 196 Å². The van der Waals surface area contributed by atoms with Crippen LogP contribution in [0, 0.1) is 6.92 Å². The van der Waals surface area contributed by atoms with Gasteiger partial charge in [0.05, 0.1) is 22.1 Å². The fourth-order valence-electron chi connectivity index (χ4n) is 3.77. The molecule has 0 aliphatic carbocycles. The zero-order valence-corrected chi connectivity index (χ0v) is 19.4. The van der Waals surface area contributed by atoms with Gasteiger partial charge in [-0.3, -0.25) is 0 Å². The summed E-state index contributed by atoms with van der Waals surface area (Å²) in [5.41, 5.74) is 1.06. The number of rotatable bonds is 8. The van der Waals surface area contributed by atoms with E-state index >= 15 is 0 Å². The van der Waals surface area contributed by atoms with E-state index in [0.717, 1.165) is 29.8 Å². The minimum Gasteiger partial charge on any atom is -0.478 e. The molecular weight excluding hydrogens is 467 g/mol. The molecule has 0 radical (unpaired) electrons. The van der Waals surface area contributed by atoms with Crippen molar-refractivity contribution in [1.29, 1.82) is 0 Å². The van der Waals surface area contributed by atoms with E-state index in [0.29, 0.717) is 17.5 Å². The van der Waals surface area contributed by atoms with E-state index in [1.54, 1.807) is 43.3 Å². The third-order valence-electron chi connectivity index (χ3n) is 5.62. The summed E-state index contributed by atoms with van der Waals surface area (Å²) in [4.78, 5) is 11.0. The standard InChI is InChI=1S/C25H24F3NO4S/c1-3-23(18-7-5-4-6-8-18)29(16-20-10-9-19(24(30)31)15-17(20)2)34(32,33)22-13-11-21(12-14-22)25(26,27)28/h4-15,23H,3,16H2,1-2H3,(H,30,31). The van der Waals surface area contributed by atoms with Crippen LogP contribution < -0.4 is 0 Å². The summed E-state index contributed by atoms with van der Waals surface area (Å²) in [6.45, 7) is 3.43. The summed E-state index contributed by atoms with van der Waals surface area (Å²) >= 11 is 0. The van der Waals surface area contributed by atoms with Crippen LogP contribution in [0.4, 0.5) is 13.2 Å². The molecule has 0 aromatic heterocycles. The molecule has 180 valence electrons. The van der Waals surface area contributed by atoms with Crippen LogP contribution in [0.3, 0.4) is 0 Å². The summed E-state index contributed by atoms with van der Waals surface area (Å²) in [5, 5.41) is 9.23. The van der Waals surface area contributed by atoms with Gasteiger partial charge in [-0.15, -0.1) is 0 Å². The third kappa shape index (κ3) is 5.48. The molecule has 1 N–H and O–H groups in total. The second kappa shape index (κ2) is 9.99. The van der Waals surface area contributed by atoms with E-state index in [1.807, 2.05) is 6.92 Å². The Morgan fingerprint density at radius 2 is 1.62 bits per heavy atom. The van der Waals surface area contributed by atoms with E-state index in [2.05, 4.69) is 0 Å². The molecule has 0 aliphatic rings. The maximum atomic E-state index is 13.7. The fourth-order valence-corrected chi connectivity index (χ4v) is 5.43. The van der Waals surface area contributed by atoms with Gasteiger partial charge in [0, 0.05) is 6.54 Å². The molecule has 0 aliphatic heterocycles. The van der Waals surface area contributed by atoms with Crippen molar-refractivity contribution >= 4 is 16.0 Å². The van der Waals surface area contributed by atoms with Crippen molar-refractivity contribution in [2.75, 3.05) is 0 Å². The summed E-state index contributed by atoms with van der Waals surface area (Å²) in [5.74, 6) is -1.10. The number of nitrogens with zero attached hydrogens (tertiary/aromatic N) is 1. The van der Waals surface area contributed by atoms with E-state index < -0.39 is 33.8 Å². The Morgan fingerprint density at radius 1 is 1.00 bits per heavy atom. The predicted octanol–water partition coefficient (Wildman–Crippen LogP) is 6.05. The van der Waals surface area contributed by atoms with Gasteiger partial charge in [0.1, 0.15) is 0 Å². The smallest absolute Gasteiger partial charge is 0.416 e. The summed E-state index contributed by atoms with van der Waals surface area (Å²) in [7, 11) is -4.21. The molecule has 3 rings (SSSR count). The first-order valence-electron chi connectivity index (χ1n) is 10.5. The lowest BCUT2D eigenvalue weighted by molar-refractivity contribution is -0.137. The maximum Gasteiger partial charge on any atom is 0.416 e. The van der Waals surface area contributed by atoms with E-state index in [-0.39, 0.29) is 17.0 Å². The largest absolute Gasteiger partial charge is 0.478 e. The first-order chi connectivity index (χ1) is 15.9. The number of sulfonamides is 1. The van der Waals surface area contributed by atoms with Crippen LogP contribution in [0.1, 0.15) is 52.0 Å². The van der Waals surface area contributed by atoms with Crippen LogP contribution in [-0.4, -0.2) is 23.8 Å². The first-order valence-corrected chi connectivity index (χ1v) is 12.0.